The first-order valence-electron chi connectivity index (χ1n) is 8.12. The number of nitrogens with zero attached hydrogens (tertiary/aromatic N) is 2. The molecule has 0 aliphatic carbocycles. The van der Waals surface area contributed by atoms with Gasteiger partial charge < -0.3 is 9.63 Å². The fraction of sp³-hybridized carbons (Fsp3) is 0.500. The van der Waals surface area contributed by atoms with E-state index in [1.807, 2.05) is 13.8 Å². The number of likely N-dealkylation sites (tertiary alicyclic amines) is 1. The molecule has 0 radical (unpaired) electrons. The maximum absolute atomic E-state index is 13.0. The molecule has 1 aromatic heterocycles. The van der Waals surface area contributed by atoms with Crippen molar-refractivity contribution in [3.8, 4) is 0 Å². The zero-order valence-corrected chi connectivity index (χ0v) is 13.6. The van der Waals surface area contributed by atoms with Gasteiger partial charge in [0.25, 0.3) is 0 Å². The fourth-order valence-corrected chi connectivity index (χ4v) is 3.31. The summed E-state index contributed by atoms with van der Waals surface area (Å²) < 4.78 is 18.2. The lowest BCUT2D eigenvalue weighted by molar-refractivity contribution is 0.0565. The van der Waals surface area contributed by atoms with Crippen molar-refractivity contribution in [2.24, 2.45) is 5.92 Å². The van der Waals surface area contributed by atoms with Crippen molar-refractivity contribution in [1.82, 2.24) is 10.1 Å². The van der Waals surface area contributed by atoms with E-state index in [4.69, 9.17) is 4.52 Å². The van der Waals surface area contributed by atoms with E-state index >= 15 is 0 Å². The molecule has 2 aromatic rings. The summed E-state index contributed by atoms with van der Waals surface area (Å²) in [4.78, 5) is 2.38. The predicted molar refractivity (Wildman–Crippen MR) is 85.3 cm³/mol. The van der Waals surface area contributed by atoms with E-state index < -0.39 is 6.10 Å². The molecule has 124 valence electrons. The molecular weight excluding hydrogens is 295 g/mol. The SMILES string of the molecule is Cc1noc(C)c1CN1CCC(C(O)c2ccc(F)cc2)CC1. The summed E-state index contributed by atoms with van der Waals surface area (Å²) in [7, 11) is 0. The van der Waals surface area contributed by atoms with Crippen LogP contribution in [0.15, 0.2) is 28.8 Å². The molecule has 3 rings (SSSR count). The van der Waals surface area contributed by atoms with Crippen molar-refractivity contribution in [2.75, 3.05) is 13.1 Å². The van der Waals surface area contributed by atoms with Gasteiger partial charge in [-0.1, -0.05) is 17.3 Å². The minimum absolute atomic E-state index is 0.223. The first-order valence-corrected chi connectivity index (χ1v) is 8.12. The molecule has 0 bridgehead atoms. The van der Waals surface area contributed by atoms with Gasteiger partial charge in [0.05, 0.1) is 11.8 Å². The van der Waals surface area contributed by atoms with Gasteiger partial charge in [0.15, 0.2) is 0 Å². The maximum atomic E-state index is 13.0. The first kappa shape index (κ1) is 16.1. The summed E-state index contributed by atoms with van der Waals surface area (Å²) in [5.41, 5.74) is 2.93. The lowest BCUT2D eigenvalue weighted by Crippen LogP contribution is -2.35. The van der Waals surface area contributed by atoms with Crippen LogP contribution in [0.25, 0.3) is 0 Å². The normalized spacial score (nSPS) is 18.3. The van der Waals surface area contributed by atoms with Crippen molar-refractivity contribution >= 4 is 0 Å². The van der Waals surface area contributed by atoms with E-state index in [0.29, 0.717) is 0 Å². The summed E-state index contributed by atoms with van der Waals surface area (Å²) in [5.74, 6) is 0.840. The van der Waals surface area contributed by atoms with Crippen LogP contribution in [-0.2, 0) is 6.54 Å². The molecule has 4 nitrogen and oxygen atoms in total. The Kier molecular flexibility index (Phi) is 4.78. The van der Waals surface area contributed by atoms with Gasteiger partial charge in [-0.05, 0) is 63.4 Å². The number of halogens is 1. The highest BCUT2D eigenvalue weighted by Gasteiger charge is 2.27. The number of benzene rings is 1. The molecule has 1 aromatic carbocycles. The van der Waals surface area contributed by atoms with Crippen LogP contribution < -0.4 is 0 Å². The van der Waals surface area contributed by atoms with Crippen LogP contribution in [0.5, 0.6) is 0 Å². The second-order valence-electron chi connectivity index (χ2n) is 6.41. The van der Waals surface area contributed by atoms with Crippen molar-refractivity contribution < 1.29 is 14.0 Å². The number of aliphatic hydroxyl groups is 1. The van der Waals surface area contributed by atoms with E-state index in [1.165, 1.54) is 17.7 Å². The van der Waals surface area contributed by atoms with Crippen LogP contribution in [0, 0.1) is 25.6 Å². The molecule has 1 unspecified atom stereocenters. The largest absolute Gasteiger partial charge is 0.388 e. The maximum Gasteiger partial charge on any atom is 0.138 e. The van der Waals surface area contributed by atoms with Gasteiger partial charge in [0.1, 0.15) is 11.6 Å². The van der Waals surface area contributed by atoms with Crippen LogP contribution in [0.1, 0.15) is 41.5 Å². The Morgan fingerprint density at radius 2 is 1.91 bits per heavy atom. The predicted octanol–water partition coefficient (Wildman–Crippen LogP) is 3.38. The van der Waals surface area contributed by atoms with E-state index in [0.717, 1.165) is 49.5 Å². The third-order valence-electron chi connectivity index (χ3n) is 4.85. The Balaban J connectivity index is 1.57. The zero-order valence-electron chi connectivity index (χ0n) is 13.6. The molecule has 0 spiro atoms. The molecule has 23 heavy (non-hydrogen) atoms. The highest BCUT2D eigenvalue weighted by molar-refractivity contribution is 5.21. The van der Waals surface area contributed by atoms with Gasteiger partial charge in [0, 0.05) is 12.1 Å². The zero-order chi connectivity index (χ0) is 16.4. The van der Waals surface area contributed by atoms with E-state index in [2.05, 4.69) is 10.1 Å². The van der Waals surface area contributed by atoms with Crippen molar-refractivity contribution in [3.05, 3.63) is 52.7 Å². The molecular formula is C18H23FN2O2. The number of hydrogen-bond acceptors (Lipinski definition) is 4. The van der Waals surface area contributed by atoms with Gasteiger partial charge in [-0.3, -0.25) is 4.90 Å². The van der Waals surface area contributed by atoms with Crippen molar-refractivity contribution in [3.63, 3.8) is 0 Å². The van der Waals surface area contributed by atoms with Gasteiger partial charge >= 0.3 is 0 Å². The topological polar surface area (TPSA) is 49.5 Å². The molecule has 2 heterocycles. The number of aliphatic hydroxyl groups excluding tert-OH is 1. The van der Waals surface area contributed by atoms with Crippen molar-refractivity contribution in [1.29, 1.82) is 0 Å². The monoisotopic (exact) mass is 318 g/mol. The van der Waals surface area contributed by atoms with Gasteiger partial charge in [-0.2, -0.15) is 0 Å². The Morgan fingerprint density at radius 1 is 1.26 bits per heavy atom. The highest BCUT2D eigenvalue weighted by Crippen LogP contribution is 2.31. The summed E-state index contributed by atoms with van der Waals surface area (Å²) in [5, 5.41) is 14.5. The third kappa shape index (κ3) is 3.62. The molecule has 5 heteroatoms. The van der Waals surface area contributed by atoms with Crippen LogP contribution >= 0.6 is 0 Å². The average Bonchev–Trinajstić information content (AvgIpc) is 2.87. The quantitative estimate of drug-likeness (QED) is 0.939. The van der Waals surface area contributed by atoms with E-state index in [1.54, 1.807) is 12.1 Å². The summed E-state index contributed by atoms with van der Waals surface area (Å²) >= 11 is 0. The smallest absolute Gasteiger partial charge is 0.138 e. The molecule has 1 aliphatic heterocycles. The van der Waals surface area contributed by atoms with Crippen LogP contribution in [0.2, 0.25) is 0 Å². The molecule has 1 N–H and O–H groups in total. The fourth-order valence-electron chi connectivity index (χ4n) is 3.31. The standard InChI is InChI=1S/C18H23FN2O2/c1-12-17(13(2)23-20-12)11-21-9-7-15(8-10-21)18(22)14-3-5-16(19)6-4-14/h3-6,15,18,22H,7-11H2,1-2H3. The molecule has 0 amide bonds. The van der Waals surface area contributed by atoms with Gasteiger partial charge in [-0.25, -0.2) is 4.39 Å². The third-order valence-corrected chi connectivity index (χ3v) is 4.85. The van der Waals surface area contributed by atoms with Gasteiger partial charge in [0.2, 0.25) is 0 Å². The summed E-state index contributed by atoms with van der Waals surface area (Å²) in [6.07, 6.45) is 1.35. The second kappa shape index (κ2) is 6.81. The molecule has 1 saturated heterocycles. The Bertz CT molecular complexity index is 626. The molecule has 1 fully saturated rings. The van der Waals surface area contributed by atoms with Crippen LogP contribution in [0.3, 0.4) is 0 Å². The number of rotatable bonds is 4. The molecule has 0 saturated carbocycles. The van der Waals surface area contributed by atoms with Crippen LogP contribution in [0.4, 0.5) is 4.39 Å². The van der Waals surface area contributed by atoms with Crippen molar-refractivity contribution in [2.45, 2.75) is 39.3 Å². The number of aromatic nitrogens is 1. The van der Waals surface area contributed by atoms with Crippen LogP contribution in [-0.4, -0.2) is 28.3 Å². The Hall–Kier alpha value is -1.72. The number of hydrogen-bond donors (Lipinski definition) is 1. The number of piperidine rings is 1. The van der Waals surface area contributed by atoms with E-state index in [9.17, 15) is 9.50 Å². The Labute approximate surface area is 135 Å². The average molecular weight is 318 g/mol. The minimum atomic E-state index is -0.517. The molecule has 1 aliphatic rings. The second-order valence-corrected chi connectivity index (χ2v) is 6.41. The highest BCUT2D eigenvalue weighted by atomic mass is 19.1. The lowest BCUT2D eigenvalue weighted by Gasteiger charge is -2.34. The summed E-state index contributed by atoms with van der Waals surface area (Å²) in [6, 6.07) is 6.17. The van der Waals surface area contributed by atoms with E-state index in [-0.39, 0.29) is 11.7 Å². The molecule has 1 atom stereocenters. The minimum Gasteiger partial charge on any atom is -0.388 e. The van der Waals surface area contributed by atoms with Gasteiger partial charge in [-0.15, -0.1) is 0 Å². The first-order chi connectivity index (χ1) is 11.0. The summed E-state index contributed by atoms with van der Waals surface area (Å²) in [6.45, 7) is 6.64. The number of aryl methyl sites for hydroxylation is 2. The Morgan fingerprint density at radius 3 is 2.48 bits per heavy atom. The lowest BCUT2D eigenvalue weighted by atomic mass is 9.87.